The number of aromatic amines is 1. The molecular weight excluding hydrogens is 435 g/mol. The van der Waals surface area contributed by atoms with Crippen LogP contribution in [0.3, 0.4) is 0 Å². The molecule has 0 saturated carbocycles. The van der Waals surface area contributed by atoms with E-state index in [-0.39, 0.29) is 5.82 Å². The third-order valence-corrected chi connectivity index (χ3v) is 4.81. The molecule has 0 unspecified atom stereocenters. The van der Waals surface area contributed by atoms with Crippen LogP contribution in [0.5, 0.6) is 0 Å². The van der Waals surface area contributed by atoms with Crippen LogP contribution in [0.1, 0.15) is 16.2 Å². The number of nitrogens with one attached hydrogen (secondary N) is 3. The lowest BCUT2D eigenvalue weighted by molar-refractivity contribution is 0.111. The largest absolute Gasteiger partial charge is 0.386 e. The predicted molar refractivity (Wildman–Crippen MR) is 129 cm³/mol. The van der Waals surface area contributed by atoms with Gasteiger partial charge >= 0.3 is 0 Å². The summed E-state index contributed by atoms with van der Waals surface area (Å²) in [5.41, 5.74) is 5.27. The van der Waals surface area contributed by atoms with E-state index >= 15 is 0 Å². The van der Waals surface area contributed by atoms with Gasteiger partial charge in [0.25, 0.3) is 0 Å². The third kappa shape index (κ3) is 5.01. The van der Waals surface area contributed by atoms with Gasteiger partial charge in [0.2, 0.25) is 0 Å². The standard InChI is InChI=1S/C17H14FN7.C7H7NO/c1-19-13-7-10(4-5-12(13)18)25-16-11(3-2-6-20-16)14-15-17(23-8-21-14)24-9-22-15;1-6-3-2-4-7(5-9)8-6/h2-9,19H,1H3,(H,20,25)(H,21,22,23,24);2-5H,1H3. The number of nitrogens with zero attached hydrogens (tertiary/aromatic N) is 5. The van der Waals surface area contributed by atoms with E-state index in [0.29, 0.717) is 34.2 Å². The van der Waals surface area contributed by atoms with Gasteiger partial charge in [0.05, 0.1) is 12.0 Å². The Hall–Kier alpha value is -4.73. The number of carbonyl (C=O) groups is 1. The summed E-state index contributed by atoms with van der Waals surface area (Å²) in [6.07, 6.45) is 5.46. The molecule has 0 aliphatic heterocycles. The van der Waals surface area contributed by atoms with Crippen molar-refractivity contribution in [1.29, 1.82) is 0 Å². The zero-order chi connectivity index (χ0) is 23.9. The van der Waals surface area contributed by atoms with Gasteiger partial charge in [0.15, 0.2) is 11.9 Å². The van der Waals surface area contributed by atoms with E-state index in [1.165, 1.54) is 12.4 Å². The van der Waals surface area contributed by atoms with Gasteiger partial charge in [-0.25, -0.2) is 24.3 Å². The highest BCUT2D eigenvalue weighted by molar-refractivity contribution is 5.91. The number of fused-ring (bicyclic) bond motifs is 1. The molecule has 9 nitrogen and oxygen atoms in total. The lowest BCUT2D eigenvalue weighted by atomic mass is 10.1. The van der Waals surface area contributed by atoms with Gasteiger partial charge in [0, 0.05) is 30.2 Å². The normalized spacial score (nSPS) is 10.3. The van der Waals surface area contributed by atoms with Gasteiger partial charge in [-0.2, -0.15) is 0 Å². The quantitative estimate of drug-likeness (QED) is 0.330. The number of hydrogen-bond donors (Lipinski definition) is 3. The van der Waals surface area contributed by atoms with Crippen molar-refractivity contribution >= 4 is 34.6 Å². The maximum atomic E-state index is 13.7. The highest BCUT2D eigenvalue weighted by Gasteiger charge is 2.14. The zero-order valence-electron chi connectivity index (χ0n) is 18.5. The number of aldehydes is 1. The van der Waals surface area contributed by atoms with Crippen molar-refractivity contribution in [2.24, 2.45) is 0 Å². The predicted octanol–water partition coefficient (Wildman–Crippen LogP) is 4.54. The number of benzene rings is 1. The van der Waals surface area contributed by atoms with Crippen LogP contribution >= 0.6 is 0 Å². The number of hydrogen-bond acceptors (Lipinski definition) is 8. The van der Waals surface area contributed by atoms with E-state index < -0.39 is 0 Å². The Labute approximate surface area is 194 Å². The lowest BCUT2D eigenvalue weighted by Crippen LogP contribution is -2.00. The smallest absolute Gasteiger partial charge is 0.181 e. The molecule has 4 heterocycles. The molecule has 0 spiro atoms. The van der Waals surface area contributed by atoms with Crippen molar-refractivity contribution < 1.29 is 9.18 Å². The first kappa shape index (κ1) is 22.5. The second kappa shape index (κ2) is 10.3. The monoisotopic (exact) mass is 456 g/mol. The van der Waals surface area contributed by atoms with Crippen LogP contribution in [0, 0.1) is 12.7 Å². The Morgan fingerprint density at radius 2 is 1.91 bits per heavy atom. The Morgan fingerprint density at radius 3 is 2.68 bits per heavy atom. The van der Waals surface area contributed by atoms with Crippen LogP contribution in [0.2, 0.25) is 0 Å². The molecule has 0 atom stereocenters. The van der Waals surface area contributed by atoms with Crippen LogP contribution in [0.15, 0.2) is 67.4 Å². The molecule has 170 valence electrons. The molecule has 0 aliphatic carbocycles. The molecular formula is C24H21FN8O. The summed E-state index contributed by atoms with van der Waals surface area (Å²) in [7, 11) is 1.67. The zero-order valence-corrected chi connectivity index (χ0v) is 18.5. The number of rotatable bonds is 5. The lowest BCUT2D eigenvalue weighted by Gasteiger charge is -2.12. The van der Waals surface area contributed by atoms with E-state index in [2.05, 4.69) is 40.5 Å². The highest BCUT2D eigenvalue weighted by atomic mass is 19.1. The van der Waals surface area contributed by atoms with E-state index in [1.54, 1.807) is 37.8 Å². The number of halogens is 1. The fourth-order valence-corrected chi connectivity index (χ4v) is 3.23. The average Bonchev–Trinajstić information content (AvgIpc) is 3.35. The summed E-state index contributed by atoms with van der Waals surface area (Å²) in [6, 6.07) is 13.8. The molecule has 3 N–H and O–H groups in total. The number of aromatic nitrogens is 6. The average molecular weight is 456 g/mol. The fraction of sp³-hybridized carbons (Fsp3) is 0.0833. The summed E-state index contributed by atoms with van der Waals surface area (Å²) in [5.74, 6) is 0.287. The highest BCUT2D eigenvalue weighted by Crippen LogP contribution is 2.31. The SMILES string of the molecule is CNc1cc(Nc2ncccc2-c2ncnc3nc[nH]c23)ccc1F.Cc1cccc(C=O)n1. The maximum Gasteiger partial charge on any atom is 0.181 e. The summed E-state index contributed by atoms with van der Waals surface area (Å²) in [5, 5.41) is 6.04. The molecule has 10 heteroatoms. The van der Waals surface area contributed by atoms with Crippen molar-refractivity contribution in [1.82, 2.24) is 29.9 Å². The molecule has 5 aromatic rings. The van der Waals surface area contributed by atoms with E-state index in [1.807, 2.05) is 31.2 Å². The van der Waals surface area contributed by atoms with E-state index in [9.17, 15) is 9.18 Å². The number of aryl methyl sites for hydroxylation is 1. The number of anilines is 3. The molecule has 0 bridgehead atoms. The van der Waals surface area contributed by atoms with Gasteiger partial charge in [-0.1, -0.05) is 6.07 Å². The summed E-state index contributed by atoms with van der Waals surface area (Å²) in [6.45, 7) is 1.85. The van der Waals surface area contributed by atoms with Gasteiger partial charge in [-0.05, 0) is 49.4 Å². The molecule has 0 saturated heterocycles. The van der Waals surface area contributed by atoms with Gasteiger partial charge < -0.3 is 15.6 Å². The minimum atomic E-state index is -0.315. The van der Waals surface area contributed by atoms with Crippen LogP contribution in [-0.4, -0.2) is 43.2 Å². The molecule has 0 amide bonds. The summed E-state index contributed by atoms with van der Waals surface area (Å²) < 4.78 is 13.7. The Morgan fingerprint density at radius 1 is 1.03 bits per heavy atom. The second-order valence-electron chi connectivity index (χ2n) is 7.11. The molecule has 1 aromatic carbocycles. The Balaban J connectivity index is 0.000000257. The number of H-pyrrole nitrogens is 1. The fourth-order valence-electron chi connectivity index (χ4n) is 3.23. The Bertz CT molecular complexity index is 1440. The maximum absolute atomic E-state index is 13.7. The van der Waals surface area contributed by atoms with Crippen molar-refractivity contribution in [3.63, 3.8) is 0 Å². The van der Waals surface area contributed by atoms with Crippen LogP contribution in [-0.2, 0) is 0 Å². The second-order valence-corrected chi connectivity index (χ2v) is 7.11. The molecule has 0 fully saturated rings. The van der Waals surface area contributed by atoms with Gasteiger partial charge in [-0.15, -0.1) is 0 Å². The van der Waals surface area contributed by atoms with Crippen LogP contribution < -0.4 is 10.6 Å². The van der Waals surface area contributed by atoms with Crippen molar-refractivity contribution in [2.75, 3.05) is 17.7 Å². The minimum Gasteiger partial charge on any atom is -0.386 e. The number of imidazole rings is 1. The molecule has 0 radical (unpaired) electrons. The summed E-state index contributed by atoms with van der Waals surface area (Å²) >= 11 is 0. The number of pyridine rings is 2. The topological polar surface area (TPSA) is 121 Å². The van der Waals surface area contributed by atoms with Crippen molar-refractivity contribution in [3.05, 3.63) is 84.6 Å². The summed E-state index contributed by atoms with van der Waals surface area (Å²) in [4.78, 5) is 34.1. The molecule has 5 rings (SSSR count). The minimum absolute atomic E-state index is 0.315. The van der Waals surface area contributed by atoms with Gasteiger partial charge in [0.1, 0.15) is 34.9 Å². The van der Waals surface area contributed by atoms with E-state index in [0.717, 1.165) is 23.1 Å². The molecule has 34 heavy (non-hydrogen) atoms. The first-order valence-electron chi connectivity index (χ1n) is 10.3. The first-order chi connectivity index (χ1) is 16.6. The van der Waals surface area contributed by atoms with Crippen molar-refractivity contribution in [3.8, 4) is 11.3 Å². The van der Waals surface area contributed by atoms with Crippen LogP contribution in [0.25, 0.3) is 22.4 Å². The first-order valence-corrected chi connectivity index (χ1v) is 10.3. The van der Waals surface area contributed by atoms with Crippen molar-refractivity contribution in [2.45, 2.75) is 6.92 Å². The molecule has 4 aromatic heterocycles. The van der Waals surface area contributed by atoms with Gasteiger partial charge in [-0.3, -0.25) is 9.78 Å². The third-order valence-electron chi connectivity index (χ3n) is 4.81. The van der Waals surface area contributed by atoms with E-state index in [4.69, 9.17) is 0 Å². The Kier molecular flexibility index (Phi) is 6.78. The molecule has 0 aliphatic rings. The number of carbonyl (C=O) groups excluding carboxylic acids is 1. The van der Waals surface area contributed by atoms with Crippen LogP contribution in [0.4, 0.5) is 21.6 Å².